The minimum atomic E-state index is -0.0408. The highest BCUT2D eigenvalue weighted by molar-refractivity contribution is 5.72. The monoisotopic (exact) mass is 383 g/mol. The van der Waals surface area contributed by atoms with Gasteiger partial charge in [-0.1, -0.05) is 59.7 Å². The van der Waals surface area contributed by atoms with Crippen LogP contribution in [0.4, 0.5) is 0 Å². The van der Waals surface area contributed by atoms with E-state index in [1.165, 1.54) is 6.07 Å². The van der Waals surface area contributed by atoms with E-state index in [2.05, 4.69) is 15.0 Å². The molecular formula is C24H21N3O2. The number of aryl methyl sites for hydroxylation is 2. The van der Waals surface area contributed by atoms with Crippen molar-refractivity contribution < 1.29 is 10.2 Å². The number of hydrogen-bond acceptors (Lipinski definition) is 5. The zero-order valence-electron chi connectivity index (χ0n) is 16.5. The Morgan fingerprint density at radius 2 is 1.00 bits per heavy atom. The first-order chi connectivity index (χ1) is 13.9. The number of phenols is 2. The molecule has 0 atom stereocenters. The molecule has 1 heterocycles. The third-order valence-corrected chi connectivity index (χ3v) is 4.90. The lowest BCUT2D eigenvalue weighted by Gasteiger charge is -2.11. The van der Waals surface area contributed by atoms with Gasteiger partial charge < -0.3 is 10.2 Å². The van der Waals surface area contributed by atoms with Crippen LogP contribution in [-0.4, -0.2) is 25.2 Å². The summed E-state index contributed by atoms with van der Waals surface area (Å²) in [6.45, 7) is 5.70. The third kappa shape index (κ3) is 3.67. The molecule has 0 aliphatic carbocycles. The molecule has 0 saturated carbocycles. The lowest BCUT2D eigenvalue weighted by molar-refractivity contribution is 0.444. The van der Waals surface area contributed by atoms with Gasteiger partial charge in [0.15, 0.2) is 17.5 Å². The van der Waals surface area contributed by atoms with E-state index in [1.807, 2.05) is 62.4 Å². The molecule has 0 fully saturated rings. The maximum atomic E-state index is 10.6. The quantitative estimate of drug-likeness (QED) is 0.508. The summed E-state index contributed by atoms with van der Waals surface area (Å²) in [6.07, 6.45) is 0. The standard InChI is InChI=1S/C24H21N3O2/c1-14-4-8-17(9-5-14)22-25-23(18-10-6-15(2)7-11-18)27-24(26-22)19-12-13-20(28)16(3)21(19)29/h4-13,28-29H,1-3H3. The molecule has 0 aliphatic heterocycles. The zero-order valence-corrected chi connectivity index (χ0v) is 16.5. The summed E-state index contributed by atoms with van der Waals surface area (Å²) in [4.78, 5) is 13.9. The van der Waals surface area contributed by atoms with Gasteiger partial charge in [-0.15, -0.1) is 0 Å². The van der Waals surface area contributed by atoms with E-state index in [4.69, 9.17) is 0 Å². The van der Waals surface area contributed by atoms with Gasteiger partial charge >= 0.3 is 0 Å². The van der Waals surface area contributed by atoms with Crippen molar-refractivity contribution in [3.05, 3.63) is 77.4 Å². The molecule has 0 unspecified atom stereocenters. The Kier molecular flexibility index (Phi) is 4.72. The second-order valence-electron chi connectivity index (χ2n) is 7.14. The first-order valence-corrected chi connectivity index (χ1v) is 9.34. The Morgan fingerprint density at radius 1 is 0.552 bits per heavy atom. The highest BCUT2D eigenvalue weighted by atomic mass is 16.3. The van der Waals surface area contributed by atoms with E-state index in [9.17, 15) is 10.2 Å². The SMILES string of the molecule is Cc1ccc(-c2nc(-c3ccc(C)cc3)nc(-c3ccc(O)c(C)c3O)n2)cc1. The van der Waals surface area contributed by atoms with Gasteiger partial charge in [-0.05, 0) is 32.9 Å². The molecule has 4 rings (SSSR count). The van der Waals surface area contributed by atoms with E-state index in [0.717, 1.165) is 22.3 Å². The fourth-order valence-electron chi connectivity index (χ4n) is 3.03. The summed E-state index contributed by atoms with van der Waals surface area (Å²) in [7, 11) is 0. The van der Waals surface area contributed by atoms with E-state index in [-0.39, 0.29) is 11.5 Å². The van der Waals surface area contributed by atoms with Crippen molar-refractivity contribution in [1.29, 1.82) is 0 Å². The summed E-state index contributed by atoms with van der Waals surface area (Å²) in [5.41, 5.74) is 4.86. The number of aromatic nitrogens is 3. The van der Waals surface area contributed by atoms with Crippen LogP contribution >= 0.6 is 0 Å². The van der Waals surface area contributed by atoms with Gasteiger partial charge in [0, 0.05) is 16.7 Å². The van der Waals surface area contributed by atoms with Crippen LogP contribution in [0, 0.1) is 20.8 Å². The maximum Gasteiger partial charge on any atom is 0.167 e. The second kappa shape index (κ2) is 7.36. The minimum Gasteiger partial charge on any atom is -0.508 e. The Morgan fingerprint density at radius 3 is 1.48 bits per heavy atom. The van der Waals surface area contributed by atoms with Gasteiger partial charge in [0.05, 0.1) is 5.56 Å². The molecule has 0 saturated heterocycles. The lowest BCUT2D eigenvalue weighted by Crippen LogP contribution is -2.00. The Hall–Kier alpha value is -3.73. The topological polar surface area (TPSA) is 79.1 Å². The van der Waals surface area contributed by atoms with Crippen LogP contribution in [0.2, 0.25) is 0 Å². The molecule has 5 heteroatoms. The van der Waals surface area contributed by atoms with Gasteiger partial charge in [0.2, 0.25) is 0 Å². The van der Waals surface area contributed by atoms with Gasteiger partial charge in [0.1, 0.15) is 11.5 Å². The van der Waals surface area contributed by atoms with Crippen LogP contribution in [0.5, 0.6) is 11.5 Å². The molecule has 5 nitrogen and oxygen atoms in total. The molecule has 3 aromatic carbocycles. The van der Waals surface area contributed by atoms with Gasteiger partial charge in [-0.25, -0.2) is 15.0 Å². The van der Waals surface area contributed by atoms with Crippen LogP contribution in [0.25, 0.3) is 34.2 Å². The summed E-state index contributed by atoms with van der Waals surface area (Å²) >= 11 is 0. The largest absolute Gasteiger partial charge is 0.508 e. The molecular weight excluding hydrogens is 362 g/mol. The summed E-state index contributed by atoms with van der Waals surface area (Å²) in [6, 6.07) is 19.0. The number of phenolic OH excluding ortho intramolecular Hbond substituents is 2. The number of aromatic hydroxyl groups is 2. The molecule has 29 heavy (non-hydrogen) atoms. The summed E-state index contributed by atoms with van der Waals surface area (Å²) in [5, 5.41) is 20.4. The van der Waals surface area contributed by atoms with Crippen molar-refractivity contribution >= 4 is 0 Å². The molecule has 0 bridgehead atoms. The summed E-state index contributed by atoms with van der Waals surface area (Å²) in [5.74, 6) is 1.39. The molecule has 0 amide bonds. The Balaban J connectivity index is 1.94. The molecule has 1 aromatic heterocycles. The normalized spacial score (nSPS) is 10.9. The van der Waals surface area contributed by atoms with Gasteiger partial charge in [-0.2, -0.15) is 0 Å². The smallest absolute Gasteiger partial charge is 0.167 e. The predicted octanol–water partition coefficient (Wildman–Crippen LogP) is 5.21. The molecule has 0 aliphatic rings. The molecule has 144 valence electrons. The van der Waals surface area contributed by atoms with Crippen LogP contribution in [0.15, 0.2) is 60.7 Å². The van der Waals surface area contributed by atoms with Crippen LogP contribution in [0.1, 0.15) is 16.7 Å². The van der Waals surface area contributed by atoms with E-state index in [0.29, 0.717) is 28.6 Å². The molecule has 4 aromatic rings. The van der Waals surface area contributed by atoms with Crippen molar-refractivity contribution in [2.75, 3.05) is 0 Å². The van der Waals surface area contributed by atoms with E-state index < -0.39 is 0 Å². The van der Waals surface area contributed by atoms with Crippen LogP contribution in [-0.2, 0) is 0 Å². The zero-order chi connectivity index (χ0) is 20.5. The van der Waals surface area contributed by atoms with Crippen LogP contribution < -0.4 is 0 Å². The van der Waals surface area contributed by atoms with E-state index in [1.54, 1.807) is 13.0 Å². The lowest BCUT2D eigenvalue weighted by atomic mass is 10.1. The molecule has 0 radical (unpaired) electrons. The van der Waals surface area contributed by atoms with Crippen molar-refractivity contribution in [3.63, 3.8) is 0 Å². The first kappa shape index (κ1) is 18.6. The van der Waals surface area contributed by atoms with Crippen molar-refractivity contribution in [3.8, 4) is 45.7 Å². The van der Waals surface area contributed by atoms with Crippen molar-refractivity contribution in [2.45, 2.75) is 20.8 Å². The number of benzene rings is 3. The fourth-order valence-corrected chi connectivity index (χ4v) is 3.03. The Bertz CT molecular complexity index is 1120. The third-order valence-electron chi connectivity index (χ3n) is 4.90. The van der Waals surface area contributed by atoms with E-state index >= 15 is 0 Å². The van der Waals surface area contributed by atoms with Gasteiger partial charge in [-0.3, -0.25) is 0 Å². The Labute approximate surface area is 169 Å². The first-order valence-electron chi connectivity index (χ1n) is 9.34. The highest BCUT2D eigenvalue weighted by Gasteiger charge is 2.17. The van der Waals surface area contributed by atoms with Crippen LogP contribution in [0.3, 0.4) is 0 Å². The predicted molar refractivity (Wildman–Crippen MR) is 114 cm³/mol. The summed E-state index contributed by atoms with van der Waals surface area (Å²) < 4.78 is 0. The second-order valence-corrected chi connectivity index (χ2v) is 7.14. The van der Waals surface area contributed by atoms with Gasteiger partial charge in [0.25, 0.3) is 0 Å². The number of rotatable bonds is 3. The molecule has 2 N–H and O–H groups in total. The van der Waals surface area contributed by atoms with Crippen molar-refractivity contribution in [1.82, 2.24) is 15.0 Å². The molecule has 0 spiro atoms. The highest BCUT2D eigenvalue weighted by Crippen LogP contribution is 2.36. The average Bonchev–Trinajstić information content (AvgIpc) is 2.73. The average molecular weight is 383 g/mol. The number of nitrogens with zero attached hydrogens (tertiary/aromatic N) is 3. The van der Waals surface area contributed by atoms with Crippen molar-refractivity contribution in [2.24, 2.45) is 0 Å². The number of hydrogen-bond donors (Lipinski definition) is 2. The minimum absolute atomic E-state index is 0.0258. The maximum absolute atomic E-state index is 10.6. The fraction of sp³-hybridized carbons (Fsp3) is 0.125.